The van der Waals surface area contributed by atoms with Crippen molar-refractivity contribution in [1.82, 2.24) is 5.32 Å². The number of anilines is 1. The summed E-state index contributed by atoms with van der Waals surface area (Å²) in [5, 5.41) is 7.38. The fourth-order valence-corrected chi connectivity index (χ4v) is 3.38. The molecule has 152 valence electrons. The van der Waals surface area contributed by atoms with E-state index >= 15 is 0 Å². The molecule has 0 unspecified atom stereocenters. The van der Waals surface area contributed by atoms with Crippen LogP contribution in [0.15, 0.2) is 59.7 Å². The molecule has 1 heterocycles. The van der Waals surface area contributed by atoms with Gasteiger partial charge in [-0.3, -0.25) is 9.59 Å². The Morgan fingerprint density at radius 2 is 1.97 bits per heavy atom. The summed E-state index contributed by atoms with van der Waals surface area (Å²) < 4.78 is 10.8. The van der Waals surface area contributed by atoms with Crippen LogP contribution >= 0.6 is 11.8 Å². The van der Waals surface area contributed by atoms with Crippen LogP contribution in [0.1, 0.15) is 22.8 Å². The van der Waals surface area contributed by atoms with Crippen molar-refractivity contribution < 1.29 is 19.1 Å². The maximum atomic E-state index is 12.4. The third-order valence-corrected chi connectivity index (χ3v) is 4.97. The van der Waals surface area contributed by atoms with Gasteiger partial charge in [0.05, 0.1) is 13.2 Å². The van der Waals surface area contributed by atoms with E-state index < -0.39 is 0 Å². The lowest BCUT2D eigenvalue weighted by Crippen LogP contribution is -2.26. The summed E-state index contributed by atoms with van der Waals surface area (Å²) in [6.45, 7) is 3.62. The van der Waals surface area contributed by atoms with E-state index in [1.807, 2.05) is 31.2 Å². The van der Waals surface area contributed by atoms with Gasteiger partial charge < -0.3 is 20.1 Å². The van der Waals surface area contributed by atoms with Crippen molar-refractivity contribution in [3.63, 3.8) is 0 Å². The number of carbonyl (C=O) groups excluding carboxylic acids is 2. The van der Waals surface area contributed by atoms with Gasteiger partial charge in [0.2, 0.25) is 0 Å². The van der Waals surface area contributed by atoms with Gasteiger partial charge in [-0.05, 0) is 49.2 Å². The summed E-state index contributed by atoms with van der Waals surface area (Å²) in [7, 11) is 0. The van der Waals surface area contributed by atoms with E-state index in [0.29, 0.717) is 36.8 Å². The first-order valence-corrected chi connectivity index (χ1v) is 10.6. The van der Waals surface area contributed by atoms with Crippen LogP contribution in [-0.4, -0.2) is 37.3 Å². The van der Waals surface area contributed by atoms with Gasteiger partial charge in [-0.25, -0.2) is 0 Å². The topological polar surface area (TPSA) is 76.7 Å². The molecule has 2 aromatic carbocycles. The fraction of sp³-hybridized carbons (Fsp3) is 0.273. The average Bonchev–Trinajstić information content (AvgIpc) is 2.76. The number of amides is 2. The van der Waals surface area contributed by atoms with Crippen molar-refractivity contribution in [2.24, 2.45) is 0 Å². The number of hydrogen-bond acceptors (Lipinski definition) is 5. The Kier molecular flexibility index (Phi) is 7.58. The van der Waals surface area contributed by atoms with Crippen molar-refractivity contribution in [1.29, 1.82) is 0 Å². The van der Waals surface area contributed by atoms with E-state index in [9.17, 15) is 9.59 Å². The zero-order valence-electron chi connectivity index (χ0n) is 16.3. The van der Waals surface area contributed by atoms with Crippen LogP contribution < -0.4 is 15.4 Å². The highest BCUT2D eigenvalue weighted by atomic mass is 32.2. The molecule has 0 bridgehead atoms. The Labute approximate surface area is 174 Å². The molecule has 0 atom stereocenters. The van der Waals surface area contributed by atoms with Gasteiger partial charge in [0.1, 0.15) is 5.75 Å². The molecule has 0 fully saturated rings. The van der Waals surface area contributed by atoms with Crippen LogP contribution in [-0.2, 0) is 16.0 Å². The van der Waals surface area contributed by atoms with E-state index in [2.05, 4.69) is 10.6 Å². The Hall–Kier alpha value is -2.93. The first kappa shape index (κ1) is 20.8. The zero-order valence-corrected chi connectivity index (χ0v) is 17.1. The van der Waals surface area contributed by atoms with Crippen molar-refractivity contribution in [2.75, 3.05) is 30.8 Å². The standard InChI is InChI=1S/C22H24N2O4S/c1-2-27-19-8-6-16(7-9-19)10-11-23-21(25)17-4-3-5-18(14-17)24-22(26)20-15-29-13-12-28-20/h3-9,14-15H,2,10-13H2,1H3,(H,23,25)(H,24,26). The van der Waals surface area contributed by atoms with Crippen LogP contribution in [0.3, 0.4) is 0 Å². The van der Waals surface area contributed by atoms with Crippen LogP contribution in [0, 0.1) is 0 Å². The smallest absolute Gasteiger partial charge is 0.291 e. The molecule has 0 saturated heterocycles. The summed E-state index contributed by atoms with van der Waals surface area (Å²) >= 11 is 1.54. The molecule has 2 amide bonds. The van der Waals surface area contributed by atoms with E-state index in [1.165, 1.54) is 0 Å². The molecule has 3 rings (SSSR count). The normalized spacial score (nSPS) is 13.1. The maximum Gasteiger partial charge on any atom is 0.291 e. The third-order valence-electron chi connectivity index (χ3n) is 4.19. The number of rotatable bonds is 8. The molecule has 2 aromatic rings. The molecule has 29 heavy (non-hydrogen) atoms. The molecular formula is C22H24N2O4S. The molecule has 7 heteroatoms. The predicted molar refractivity (Wildman–Crippen MR) is 115 cm³/mol. The van der Waals surface area contributed by atoms with E-state index in [1.54, 1.807) is 41.4 Å². The van der Waals surface area contributed by atoms with Gasteiger partial charge in [-0.2, -0.15) is 0 Å². The predicted octanol–water partition coefficient (Wildman–Crippen LogP) is 3.60. The maximum absolute atomic E-state index is 12.4. The fourth-order valence-electron chi connectivity index (χ4n) is 2.76. The number of ether oxygens (including phenoxy) is 2. The lowest BCUT2D eigenvalue weighted by molar-refractivity contribution is -0.116. The Bertz CT molecular complexity index is 881. The lowest BCUT2D eigenvalue weighted by atomic mass is 10.1. The van der Waals surface area contributed by atoms with Crippen LogP contribution in [0.4, 0.5) is 5.69 Å². The Morgan fingerprint density at radius 3 is 2.69 bits per heavy atom. The van der Waals surface area contributed by atoms with Gasteiger partial charge in [0.25, 0.3) is 11.8 Å². The largest absolute Gasteiger partial charge is 0.494 e. The van der Waals surface area contributed by atoms with Crippen molar-refractivity contribution in [2.45, 2.75) is 13.3 Å². The van der Waals surface area contributed by atoms with Gasteiger partial charge in [-0.1, -0.05) is 18.2 Å². The summed E-state index contributed by atoms with van der Waals surface area (Å²) in [6.07, 6.45) is 0.720. The molecular weight excluding hydrogens is 388 g/mol. The highest BCUT2D eigenvalue weighted by Gasteiger charge is 2.15. The minimum atomic E-state index is -0.315. The van der Waals surface area contributed by atoms with E-state index in [-0.39, 0.29) is 11.8 Å². The number of hydrogen-bond donors (Lipinski definition) is 2. The molecule has 0 saturated carbocycles. The number of carbonyl (C=O) groups is 2. The van der Waals surface area contributed by atoms with Crippen LogP contribution in [0.25, 0.3) is 0 Å². The first-order valence-electron chi connectivity index (χ1n) is 9.51. The summed E-state index contributed by atoms with van der Waals surface area (Å²) in [4.78, 5) is 24.6. The summed E-state index contributed by atoms with van der Waals surface area (Å²) in [6, 6.07) is 14.7. The molecule has 1 aliphatic rings. The molecule has 0 aliphatic carbocycles. The highest BCUT2D eigenvalue weighted by molar-refractivity contribution is 8.02. The van der Waals surface area contributed by atoms with E-state index in [4.69, 9.17) is 9.47 Å². The van der Waals surface area contributed by atoms with Crippen LogP contribution in [0.5, 0.6) is 5.75 Å². The average molecular weight is 413 g/mol. The van der Waals surface area contributed by atoms with Crippen molar-refractivity contribution >= 4 is 29.3 Å². The molecule has 1 aliphatic heterocycles. The minimum Gasteiger partial charge on any atom is -0.494 e. The highest BCUT2D eigenvalue weighted by Crippen LogP contribution is 2.18. The van der Waals surface area contributed by atoms with Gasteiger partial charge in [-0.15, -0.1) is 11.8 Å². The second-order valence-electron chi connectivity index (χ2n) is 6.32. The Morgan fingerprint density at radius 1 is 1.14 bits per heavy atom. The zero-order chi connectivity index (χ0) is 20.5. The van der Waals surface area contributed by atoms with Gasteiger partial charge in [0, 0.05) is 29.0 Å². The lowest BCUT2D eigenvalue weighted by Gasteiger charge is -2.14. The minimum absolute atomic E-state index is 0.185. The second-order valence-corrected chi connectivity index (χ2v) is 7.30. The number of benzene rings is 2. The Balaban J connectivity index is 1.51. The van der Waals surface area contributed by atoms with Crippen molar-refractivity contribution in [3.8, 4) is 5.75 Å². The van der Waals surface area contributed by atoms with E-state index in [0.717, 1.165) is 23.5 Å². The second kappa shape index (κ2) is 10.6. The van der Waals surface area contributed by atoms with Crippen molar-refractivity contribution in [3.05, 3.63) is 70.8 Å². The monoisotopic (exact) mass is 412 g/mol. The molecule has 0 radical (unpaired) electrons. The van der Waals surface area contributed by atoms with Crippen LogP contribution in [0.2, 0.25) is 0 Å². The summed E-state index contributed by atoms with van der Waals surface area (Å²) in [5.74, 6) is 1.47. The summed E-state index contributed by atoms with van der Waals surface area (Å²) in [5.41, 5.74) is 2.16. The SMILES string of the molecule is CCOc1ccc(CCNC(=O)c2cccc(NC(=O)C3=CSCCO3)c2)cc1. The van der Waals surface area contributed by atoms with Gasteiger partial charge in [0.15, 0.2) is 5.76 Å². The number of nitrogens with one attached hydrogen (secondary N) is 2. The molecule has 2 N–H and O–H groups in total. The van der Waals surface area contributed by atoms with Gasteiger partial charge >= 0.3 is 0 Å². The molecule has 0 aromatic heterocycles. The quantitative estimate of drug-likeness (QED) is 0.693. The third kappa shape index (κ3) is 6.29. The number of thioether (sulfide) groups is 1. The molecule has 0 spiro atoms. The first-order chi connectivity index (χ1) is 14.2. The molecule has 6 nitrogen and oxygen atoms in total.